The Balaban J connectivity index is 1.52. The summed E-state index contributed by atoms with van der Waals surface area (Å²) in [4.78, 5) is 33.4. The lowest BCUT2D eigenvalue weighted by Gasteiger charge is -2.23. The molecule has 1 atom stereocenters. The average Bonchev–Trinajstić information content (AvgIpc) is 3.31. The van der Waals surface area contributed by atoms with Gasteiger partial charge in [-0.05, 0) is 37.5 Å². The molecule has 0 spiro atoms. The Kier molecular flexibility index (Phi) is 4.51. The third kappa shape index (κ3) is 3.04. The van der Waals surface area contributed by atoms with Crippen LogP contribution < -0.4 is 10.5 Å². The van der Waals surface area contributed by atoms with E-state index in [9.17, 15) is 9.59 Å². The molecule has 6 heteroatoms. The van der Waals surface area contributed by atoms with Gasteiger partial charge in [0.1, 0.15) is 11.4 Å². The molecule has 2 aromatic carbocycles. The molecular formula is C24H21N3O2S. The molecule has 30 heavy (non-hydrogen) atoms. The van der Waals surface area contributed by atoms with Crippen LogP contribution in [0.4, 0.5) is 5.69 Å². The predicted molar refractivity (Wildman–Crippen MR) is 121 cm³/mol. The minimum Gasteiger partial charge on any atom is -0.307 e. The van der Waals surface area contributed by atoms with Crippen molar-refractivity contribution in [2.45, 2.75) is 32.9 Å². The SMILES string of the molecule is Cc1ccc(-c2csc3ncn(CC(=O)N4c5ccccc5CC4C)c(=O)c23)cc1. The quantitative estimate of drug-likeness (QED) is 0.498. The standard InChI is InChI=1S/C24H21N3O2S/c1-15-7-9-17(10-8-15)19-13-30-23-22(19)24(29)26(14-25-23)12-21(28)27-16(2)11-18-5-3-4-6-20(18)27/h3-10,13-14,16H,11-12H2,1-2H3. The Morgan fingerprint density at radius 1 is 1.17 bits per heavy atom. The molecule has 4 aromatic rings. The van der Waals surface area contributed by atoms with Crippen LogP contribution in [0.1, 0.15) is 18.1 Å². The van der Waals surface area contributed by atoms with Gasteiger partial charge < -0.3 is 4.90 Å². The van der Waals surface area contributed by atoms with Gasteiger partial charge in [-0.1, -0.05) is 48.0 Å². The highest BCUT2D eigenvalue weighted by atomic mass is 32.1. The van der Waals surface area contributed by atoms with Crippen LogP contribution in [0.15, 0.2) is 65.0 Å². The Morgan fingerprint density at radius 2 is 1.93 bits per heavy atom. The van der Waals surface area contributed by atoms with Gasteiger partial charge in [-0.15, -0.1) is 11.3 Å². The van der Waals surface area contributed by atoms with Crippen LogP contribution in [0.25, 0.3) is 21.3 Å². The van der Waals surface area contributed by atoms with Crippen molar-refractivity contribution in [2.24, 2.45) is 0 Å². The molecule has 2 aromatic heterocycles. The minimum atomic E-state index is -0.176. The Labute approximate surface area is 178 Å². The van der Waals surface area contributed by atoms with E-state index in [0.717, 1.165) is 23.2 Å². The molecule has 1 aliphatic rings. The van der Waals surface area contributed by atoms with Gasteiger partial charge in [0.2, 0.25) is 5.91 Å². The highest BCUT2D eigenvalue weighted by Gasteiger charge is 2.30. The van der Waals surface area contributed by atoms with Crippen molar-refractivity contribution in [1.29, 1.82) is 0 Å². The normalized spacial score (nSPS) is 15.5. The number of anilines is 1. The summed E-state index contributed by atoms with van der Waals surface area (Å²) >= 11 is 1.45. The zero-order valence-corrected chi connectivity index (χ0v) is 17.6. The van der Waals surface area contributed by atoms with Gasteiger partial charge >= 0.3 is 0 Å². The van der Waals surface area contributed by atoms with Gasteiger partial charge in [-0.2, -0.15) is 0 Å². The van der Waals surface area contributed by atoms with E-state index >= 15 is 0 Å². The molecule has 0 bridgehead atoms. The third-order valence-electron chi connectivity index (χ3n) is 5.70. The van der Waals surface area contributed by atoms with Gasteiger partial charge in [0.25, 0.3) is 5.56 Å². The molecular weight excluding hydrogens is 394 g/mol. The number of nitrogens with zero attached hydrogens (tertiary/aromatic N) is 3. The molecule has 0 radical (unpaired) electrons. The topological polar surface area (TPSA) is 55.2 Å². The molecule has 0 saturated heterocycles. The summed E-state index contributed by atoms with van der Waals surface area (Å²) in [6, 6.07) is 16.1. The first-order valence-electron chi connectivity index (χ1n) is 9.96. The Morgan fingerprint density at radius 3 is 2.73 bits per heavy atom. The fraction of sp³-hybridized carbons (Fsp3) is 0.208. The lowest BCUT2D eigenvalue weighted by atomic mass is 10.1. The maximum absolute atomic E-state index is 13.3. The van der Waals surface area contributed by atoms with Gasteiger partial charge in [0, 0.05) is 22.7 Å². The Hall–Kier alpha value is -3.25. The number of para-hydroxylation sites is 1. The zero-order valence-electron chi connectivity index (χ0n) is 16.8. The second-order valence-corrected chi connectivity index (χ2v) is 8.68. The minimum absolute atomic E-state index is 0.0242. The average molecular weight is 416 g/mol. The van der Waals surface area contributed by atoms with Crippen molar-refractivity contribution in [3.05, 3.63) is 81.7 Å². The molecule has 0 saturated carbocycles. The van der Waals surface area contributed by atoms with E-state index < -0.39 is 0 Å². The van der Waals surface area contributed by atoms with Crippen molar-refractivity contribution in [3.8, 4) is 11.1 Å². The first-order valence-corrected chi connectivity index (χ1v) is 10.8. The van der Waals surface area contributed by atoms with E-state index in [1.807, 2.05) is 61.7 Å². The highest BCUT2D eigenvalue weighted by molar-refractivity contribution is 7.17. The van der Waals surface area contributed by atoms with E-state index in [-0.39, 0.29) is 24.1 Å². The van der Waals surface area contributed by atoms with Gasteiger partial charge in [-0.25, -0.2) is 4.98 Å². The number of thiophene rings is 1. The number of hydrogen-bond donors (Lipinski definition) is 0. The van der Waals surface area contributed by atoms with E-state index in [4.69, 9.17) is 0 Å². The second-order valence-electron chi connectivity index (χ2n) is 7.82. The number of hydrogen-bond acceptors (Lipinski definition) is 4. The number of aryl methyl sites for hydroxylation is 1. The monoisotopic (exact) mass is 415 g/mol. The molecule has 3 heterocycles. The highest BCUT2D eigenvalue weighted by Crippen LogP contribution is 2.33. The first-order chi connectivity index (χ1) is 14.5. The van der Waals surface area contributed by atoms with Crippen molar-refractivity contribution >= 4 is 33.1 Å². The molecule has 1 amide bonds. The van der Waals surface area contributed by atoms with Crippen LogP contribution in [-0.2, 0) is 17.8 Å². The smallest absolute Gasteiger partial charge is 0.263 e. The summed E-state index contributed by atoms with van der Waals surface area (Å²) in [6.45, 7) is 4.05. The number of carbonyl (C=O) groups excluding carboxylic acids is 1. The maximum Gasteiger partial charge on any atom is 0.263 e. The van der Waals surface area contributed by atoms with Crippen LogP contribution in [0.3, 0.4) is 0 Å². The van der Waals surface area contributed by atoms with E-state index in [2.05, 4.69) is 11.1 Å². The molecule has 1 unspecified atom stereocenters. The summed E-state index contributed by atoms with van der Waals surface area (Å²) in [5, 5.41) is 2.54. The zero-order chi connectivity index (χ0) is 20.8. The van der Waals surface area contributed by atoms with Crippen LogP contribution in [-0.4, -0.2) is 21.5 Å². The number of aromatic nitrogens is 2. The maximum atomic E-state index is 13.3. The molecule has 0 aliphatic carbocycles. The van der Waals surface area contributed by atoms with Crippen LogP contribution >= 0.6 is 11.3 Å². The van der Waals surface area contributed by atoms with Crippen LogP contribution in [0.2, 0.25) is 0 Å². The molecule has 5 rings (SSSR count). The van der Waals surface area contributed by atoms with Gasteiger partial charge in [0.15, 0.2) is 0 Å². The number of carbonyl (C=O) groups is 1. The van der Waals surface area contributed by atoms with Crippen molar-refractivity contribution in [1.82, 2.24) is 9.55 Å². The fourth-order valence-electron chi connectivity index (χ4n) is 4.19. The summed E-state index contributed by atoms with van der Waals surface area (Å²) in [5.74, 6) is -0.0946. The largest absolute Gasteiger partial charge is 0.307 e. The molecule has 0 fully saturated rings. The number of fused-ring (bicyclic) bond motifs is 2. The summed E-state index contributed by atoms with van der Waals surface area (Å²) in [7, 11) is 0. The second kappa shape index (κ2) is 7.22. The number of amides is 1. The molecule has 5 nitrogen and oxygen atoms in total. The number of benzene rings is 2. The van der Waals surface area contributed by atoms with Crippen LogP contribution in [0, 0.1) is 6.92 Å². The van der Waals surface area contributed by atoms with Crippen LogP contribution in [0.5, 0.6) is 0 Å². The number of rotatable bonds is 3. The summed E-state index contributed by atoms with van der Waals surface area (Å²) in [6.07, 6.45) is 2.32. The fourth-order valence-corrected chi connectivity index (χ4v) is 5.10. The van der Waals surface area contributed by atoms with Gasteiger partial charge in [0.05, 0.1) is 11.7 Å². The van der Waals surface area contributed by atoms with E-state index in [0.29, 0.717) is 10.2 Å². The molecule has 1 aliphatic heterocycles. The van der Waals surface area contributed by atoms with Gasteiger partial charge in [-0.3, -0.25) is 14.2 Å². The van der Waals surface area contributed by atoms with Crippen molar-refractivity contribution in [3.63, 3.8) is 0 Å². The lowest BCUT2D eigenvalue weighted by molar-refractivity contribution is -0.119. The Bertz CT molecular complexity index is 1320. The molecule has 0 N–H and O–H groups in total. The summed E-state index contributed by atoms with van der Waals surface area (Å²) in [5.41, 5.74) is 4.95. The predicted octanol–water partition coefficient (Wildman–Crippen LogP) is 4.41. The van der Waals surface area contributed by atoms with E-state index in [1.54, 1.807) is 4.90 Å². The first kappa shape index (κ1) is 18.8. The van der Waals surface area contributed by atoms with Crippen molar-refractivity contribution < 1.29 is 4.79 Å². The van der Waals surface area contributed by atoms with E-state index in [1.165, 1.54) is 33.4 Å². The third-order valence-corrected chi connectivity index (χ3v) is 6.59. The lowest BCUT2D eigenvalue weighted by Crippen LogP contribution is -2.40. The van der Waals surface area contributed by atoms with Crippen molar-refractivity contribution in [2.75, 3.05) is 4.90 Å². The molecule has 150 valence electrons. The summed E-state index contributed by atoms with van der Waals surface area (Å²) < 4.78 is 1.43.